The fourth-order valence-electron chi connectivity index (χ4n) is 14.5. The van der Waals surface area contributed by atoms with Crippen molar-refractivity contribution in [3.8, 4) is 0 Å². The van der Waals surface area contributed by atoms with Crippen molar-refractivity contribution in [2.45, 2.75) is 116 Å². The standard InChI is InChI=1S/9C11H11FO3.3Al/c9*1-7-4-2-3-5-8(7)10(11(14)15)9(13)6-12;;;/h9*2-5,10H,6H2,1H3,(H,14,15);;;/q;;;;;;;;;3*+3/p-9. The number of hydrogen-bond donors (Lipinski definition) is 0. The zero-order chi connectivity index (χ0) is 102. The fourth-order valence-corrected chi connectivity index (χ4v) is 17.8. The quantitative estimate of drug-likeness (QED) is 0.0194. The molecule has 0 fully saturated rings. The molecule has 39 heteroatoms. The Kier molecular flexibility index (Phi) is 43.7. The minimum atomic E-state index is -4.52. The normalized spacial score (nSPS) is 12.7. The van der Waals surface area contributed by atoms with E-state index < -0.39 is 265 Å². The van der Waals surface area contributed by atoms with Crippen LogP contribution < -0.4 is 0 Å². The highest BCUT2D eigenvalue weighted by Gasteiger charge is 2.58. The second-order valence-electron chi connectivity index (χ2n) is 30.8. The van der Waals surface area contributed by atoms with Crippen LogP contribution in [0.1, 0.15) is 153 Å². The summed E-state index contributed by atoms with van der Waals surface area (Å²) in [5, 5.41) is 0. The molecule has 0 bridgehead atoms. The third-order valence-electron chi connectivity index (χ3n) is 21.6. The third-order valence-corrected chi connectivity index (χ3v) is 25.4. The molecule has 0 aliphatic rings. The number of alkyl halides is 9. The Morgan fingerprint density at radius 2 is 0.246 bits per heavy atom. The summed E-state index contributed by atoms with van der Waals surface area (Å²) in [6, 6.07) is 53.9. The van der Waals surface area contributed by atoms with Gasteiger partial charge in [-0.25, -0.2) is 39.5 Å². The molecule has 9 atom stereocenters. The Morgan fingerprint density at radius 1 is 0.167 bits per heavy atom. The van der Waals surface area contributed by atoms with E-state index in [-0.39, 0.29) is 50.1 Å². The van der Waals surface area contributed by atoms with Crippen LogP contribution in [0.3, 0.4) is 0 Å². The molecule has 27 nitrogen and oxygen atoms in total. The van der Waals surface area contributed by atoms with E-state index in [2.05, 4.69) is 0 Å². The van der Waals surface area contributed by atoms with Gasteiger partial charge in [0.25, 0.3) is 53.7 Å². The maximum absolute atomic E-state index is 13.6. The van der Waals surface area contributed by atoms with Gasteiger partial charge in [-0.2, -0.15) is 0 Å². The number of hydrogen-bond acceptors (Lipinski definition) is 27. The Hall–Kier alpha value is -13.8. The highest BCUT2D eigenvalue weighted by molar-refractivity contribution is 6.47. The van der Waals surface area contributed by atoms with Crippen molar-refractivity contribution in [2.75, 3.05) is 60.1 Å². The molecular formula is C99H90Al3F9O27. The van der Waals surface area contributed by atoms with E-state index in [1.54, 1.807) is 172 Å². The molecule has 0 N–H and O–H groups in total. The molecule has 0 aliphatic carbocycles. The smallest absolute Gasteiger partial charge is 0.550 e. The zero-order valence-electron chi connectivity index (χ0n) is 75.5. The van der Waals surface area contributed by atoms with Gasteiger partial charge in [-0.05, 0) is 162 Å². The van der Waals surface area contributed by atoms with Gasteiger partial charge in [0.15, 0.2) is 52.0 Å². The van der Waals surface area contributed by atoms with Crippen molar-refractivity contribution in [1.82, 2.24) is 0 Å². The van der Waals surface area contributed by atoms with Crippen LogP contribution in [0, 0.1) is 62.3 Å². The molecule has 0 saturated carbocycles. The summed E-state index contributed by atoms with van der Waals surface area (Å²) in [6.07, 6.45) is 0. The van der Waals surface area contributed by atoms with E-state index >= 15 is 0 Å². The average Bonchev–Trinajstić information content (AvgIpc) is 0.806. The third kappa shape index (κ3) is 29.4. The van der Waals surface area contributed by atoms with Crippen molar-refractivity contribution in [1.29, 1.82) is 0 Å². The van der Waals surface area contributed by atoms with Crippen LogP contribution in [0.2, 0.25) is 0 Å². The summed E-state index contributed by atoms with van der Waals surface area (Å²) in [4.78, 5) is 234. The zero-order valence-corrected chi connectivity index (χ0v) is 79.0. The number of carbonyl (C=O) groups is 18. The van der Waals surface area contributed by atoms with Crippen LogP contribution in [0.5, 0.6) is 0 Å². The van der Waals surface area contributed by atoms with E-state index in [9.17, 15) is 126 Å². The molecule has 9 unspecified atom stereocenters. The summed E-state index contributed by atoms with van der Waals surface area (Å²) in [7, 11) is 0. The van der Waals surface area contributed by atoms with Crippen LogP contribution in [0.25, 0.3) is 0 Å². The Balaban J connectivity index is 0.000000282. The lowest BCUT2D eigenvalue weighted by molar-refractivity contribution is -0.155. The van der Waals surface area contributed by atoms with Crippen LogP contribution in [0.15, 0.2) is 218 Å². The Labute approximate surface area is 800 Å². The lowest BCUT2D eigenvalue weighted by Crippen LogP contribution is -2.42. The fraction of sp³-hybridized carbons (Fsp3) is 0.273. The topological polar surface area (TPSA) is 390 Å². The number of halogens is 9. The SMILES string of the molecule is Cc1ccccc1C(C(=O)CF)C(=O)[O][Al]([O]C(=O)C(C(=O)CF)c1ccccc1C)[O]C(=O)C(C(=O)CF)c1ccccc1C.Cc1ccccc1C(C(=O)CF)C(=O)[O][Al]([O]C(=O)C(C(=O)CF)c1ccccc1C)[O]C(=O)C(C(=O)CF)c1ccccc1C.Cc1ccccc1C(C(=O)CF)C(=O)[O][Al]([O]C(=O)C(C(=O)CF)c1ccccc1C)[O]C(=O)C(C(=O)CF)c1ccccc1C. The number of Topliss-reactive ketones (excluding diaryl/α,β-unsaturated/α-hetero) is 9. The maximum atomic E-state index is 13.6. The molecule has 0 saturated heterocycles. The molecular weight excluding hydrogens is 1870 g/mol. The molecule has 0 radical (unpaired) electrons. The van der Waals surface area contributed by atoms with Gasteiger partial charge in [0.05, 0.1) is 0 Å². The Bertz CT molecular complexity index is 4880. The summed E-state index contributed by atoms with van der Waals surface area (Å²) in [6.45, 7) is -0.362. The lowest BCUT2D eigenvalue weighted by atomic mass is 9.92. The van der Waals surface area contributed by atoms with Crippen molar-refractivity contribution in [3.63, 3.8) is 0 Å². The first-order valence-corrected chi connectivity index (χ1v) is 46.2. The number of benzene rings is 9. The largest absolute Gasteiger partial charge is 1.20 e. The minimum Gasteiger partial charge on any atom is -0.550 e. The molecule has 720 valence electrons. The molecule has 0 heterocycles. The van der Waals surface area contributed by atoms with Crippen LogP contribution in [0.4, 0.5) is 39.5 Å². The van der Waals surface area contributed by atoms with Crippen LogP contribution in [-0.2, 0) is 120 Å². The maximum Gasteiger partial charge on any atom is 1.20 e. The van der Waals surface area contributed by atoms with Crippen molar-refractivity contribution >= 4 is 151 Å². The Morgan fingerprint density at radius 3 is 0.319 bits per heavy atom. The van der Waals surface area contributed by atoms with E-state index in [1.165, 1.54) is 109 Å². The van der Waals surface area contributed by atoms with Gasteiger partial charge in [0.2, 0.25) is 0 Å². The summed E-state index contributed by atoms with van der Waals surface area (Å²) in [5.74, 6) is -41.0. The first-order valence-electron chi connectivity index (χ1n) is 42.0. The van der Waals surface area contributed by atoms with Gasteiger partial charge in [-0.15, -0.1) is 0 Å². The average molecular weight is 1960 g/mol. The second-order valence-corrected chi connectivity index (χ2v) is 34.7. The van der Waals surface area contributed by atoms with Gasteiger partial charge < -0.3 is 34.1 Å². The van der Waals surface area contributed by atoms with E-state index in [1.807, 2.05) is 0 Å². The number of rotatable bonds is 45. The molecule has 9 aromatic rings. The molecule has 0 spiro atoms. The van der Waals surface area contributed by atoms with Crippen molar-refractivity contribution < 1.29 is 160 Å². The van der Waals surface area contributed by atoms with Crippen LogP contribution >= 0.6 is 0 Å². The van der Waals surface area contributed by atoms with Gasteiger partial charge in [-0.1, -0.05) is 218 Å². The minimum absolute atomic E-state index is 0.0522. The summed E-state index contributed by atoms with van der Waals surface area (Å²) >= 11 is -13.6. The van der Waals surface area contributed by atoms with Crippen LogP contribution in [-0.4, -0.2) is 211 Å². The highest BCUT2D eigenvalue weighted by Crippen LogP contribution is 2.35. The first kappa shape index (κ1) is 111. The van der Waals surface area contributed by atoms with E-state index in [0.717, 1.165) is 0 Å². The number of aryl methyl sites for hydroxylation is 9. The summed E-state index contributed by atoms with van der Waals surface area (Å²) < 4.78 is 170. The molecule has 0 aromatic heterocycles. The van der Waals surface area contributed by atoms with Crippen molar-refractivity contribution in [3.05, 3.63) is 319 Å². The van der Waals surface area contributed by atoms with Gasteiger partial charge in [0.1, 0.15) is 113 Å². The number of ketones is 9. The molecule has 0 aliphatic heterocycles. The molecule has 0 amide bonds. The highest BCUT2D eigenvalue weighted by atomic mass is 27.3. The van der Waals surface area contributed by atoms with Crippen molar-refractivity contribution in [2.24, 2.45) is 0 Å². The number of carbonyl (C=O) groups excluding carboxylic acids is 18. The lowest BCUT2D eigenvalue weighted by Gasteiger charge is -2.23. The predicted octanol–water partition coefficient (Wildman–Crippen LogP) is 13.5. The van der Waals surface area contributed by atoms with Gasteiger partial charge in [-0.3, -0.25) is 86.3 Å². The first-order chi connectivity index (χ1) is 65.8. The molecule has 138 heavy (non-hydrogen) atoms. The second kappa shape index (κ2) is 54.2. The summed E-state index contributed by atoms with van der Waals surface area (Å²) in [5.41, 5.74) is 4.09. The van der Waals surface area contributed by atoms with E-state index in [0.29, 0.717) is 50.1 Å². The molecule has 9 rings (SSSR count). The monoisotopic (exact) mass is 1960 g/mol. The van der Waals surface area contributed by atoms with Gasteiger partial charge >= 0.3 is 45.4 Å². The predicted molar refractivity (Wildman–Crippen MR) is 476 cm³/mol. The molecule has 9 aromatic carbocycles. The van der Waals surface area contributed by atoms with Gasteiger partial charge in [0, 0.05) is 0 Å². The van der Waals surface area contributed by atoms with E-state index in [4.69, 9.17) is 34.1 Å².